The number of ether oxygens (including phenoxy) is 1. The van der Waals surface area contributed by atoms with E-state index in [1.165, 1.54) is 0 Å². The number of hydrogen-bond acceptors (Lipinski definition) is 6. The van der Waals surface area contributed by atoms with Crippen LogP contribution in [0.1, 0.15) is 59.5 Å². The van der Waals surface area contributed by atoms with Gasteiger partial charge in [0.05, 0.1) is 6.10 Å². The van der Waals surface area contributed by atoms with Gasteiger partial charge >= 0.3 is 0 Å². The highest BCUT2D eigenvalue weighted by molar-refractivity contribution is 5.96. The summed E-state index contributed by atoms with van der Waals surface area (Å²) < 4.78 is 7.86. The molecule has 1 saturated carbocycles. The van der Waals surface area contributed by atoms with E-state index in [1.807, 2.05) is 23.7 Å². The SMILES string of the molecule is C[C@H](Cc1nncn1C)c1cccc(CC(=O)c2cc(O[C@H]3CC[C@@H](O)C3)ccn2)c1. The van der Waals surface area contributed by atoms with Gasteiger partial charge in [0.15, 0.2) is 5.78 Å². The summed E-state index contributed by atoms with van der Waals surface area (Å²) in [7, 11) is 1.94. The van der Waals surface area contributed by atoms with Crippen LogP contribution in [0.3, 0.4) is 0 Å². The Bertz CT molecular complexity index is 1050. The molecular formula is C24H28N4O3. The van der Waals surface area contributed by atoms with E-state index in [0.29, 0.717) is 17.9 Å². The highest BCUT2D eigenvalue weighted by Crippen LogP contribution is 2.25. The Kier molecular flexibility index (Phi) is 6.42. The van der Waals surface area contributed by atoms with Gasteiger partial charge in [-0.15, -0.1) is 10.2 Å². The number of aliphatic hydroxyl groups excluding tert-OH is 1. The van der Waals surface area contributed by atoms with Crippen LogP contribution in [0.5, 0.6) is 5.75 Å². The third kappa shape index (κ3) is 5.35. The maximum Gasteiger partial charge on any atom is 0.185 e. The van der Waals surface area contributed by atoms with Crippen molar-refractivity contribution in [1.29, 1.82) is 0 Å². The van der Waals surface area contributed by atoms with Gasteiger partial charge < -0.3 is 14.4 Å². The number of carbonyl (C=O) groups excluding carboxylic acids is 1. The van der Waals surface area contributed by atoms with E-state index in [-0.39, 0.29) is 30.3 Å². The fourth-order valence-corrected chi connectivity index (χ4v) is 4.02. The number of aryl methyl sites for hydroxylation is 1. The first-order valence-corrected chi connectivity index (χ1v) is 10.7. The van der Waals surface area contributed by atoms with E-state index in [0.717, 1.165) is 36.2 Å². The molecule has 0 bridgehead atoms. The van der Waals surface area contributed by atoms with E-state index in [4.69, 9.17) is 4.74 Å². The second-order valence-electron chi connectivity index (χ2n) is 8.39. The summed E-state index contributed by atoms with van der Waals surface area (Å²) in [5.41, 5.74) is 2.52. The average Bonchev–Trinajstić information content (AvgIpc) is 3.36. The molecule has 0 saturated heterocycles. The molecule has 0 spiro atoms. The number of rotatable bonds is 8. The third-order valence-electron chi connectivity index (χ3n) is 5.86. The Balaban J connectivity index is 1.41. The summed E-state index contributed by atoms with van der Waals surface area (Å²) in [6.07, 6.45) is 6.28. The molecule has 1 aliphatic rings. The van der Waals surface area contributed by atoms with Crippen molar-refractivity contribution in [2.45, 2.75) is 57.2 Å². The Hall–Kier alpha value is -3.06. The Morgan fingerprint density at radius 3 is 2.90 bits per heavy atom. The quantitative estimate of drug-likeness (QED) is 0.563. The fraction of sp³-hybridized carbons (Fsp3) is 0.417. The first-order valence-electron chi connectivity index (χ1n) is 10.7. The highest BCUT2D eigenvalue weighted by atomic mass is 16.5. The van der Waals surface area contributed by atoms with E-state index in [1.54, 1.807) is 24.7 Å². The van der Waals surface area contributed by atoms with Gasteiger partial charge in [0.2, 0.25) is 0 Å². The molecule has 31 heavy (non-hydrogen) atoms. The lowest BCUT2D eigenvalue weighted by atomic mass is 9.94. The largest absolute Gasteiger partial charge is 0.490 e. The lowest BCUT2D eigenvalue weighted by Gasteiger charge is -2.14. The van der Waals surface area contributed by atoms with Crippen molar-refractivity contribution in [2.24, 2.45) is 7.05 Å². The number of Topliss-reactive ketones (excluding diaryl/α,β-unsaturated/α-hetero) is 1. The Morgan fingerprint density at radius 2 is 2.16 bits per heavy atom. The Labute approximate surface area is 182 Å². The lowest BCUT2D eigenvalue weighted by Crippen LogP contribution is -2.14. The first kappa shape index (κ1) is 21.2. The number of nitrogens with zero attached hydrogens (tertiary/aromatic N) is 4. The minimum Gasteiger partial charge on any atom is -0.490 e. The minimum atomic E-state index is -0.295. The predicted molar refractivity (Wildman–Crippen MR) is 116 cm³/mol. The van der Waals surface area contributed by atoms with E-state index in [9.17, 15) is 9.90 Å². The van der Waals surface area contributed by atoms with Crippen molar-refractivity contribution in [3.8, 4) is 5.75 Å². The molecule has 3 atom stereocenters. The van der Waals surface area contributed by atoms with Crippen molar-refractivity contribution < 1.29 is 14.6 Å². The van der Waals surface area contributed by atoms with Gasteiger partial charge in [-0.3, -0.25) is 9.78 Å². The average molecular weight is 421 g/mol. The van der Waals surface area contributed by atoms with Crippen LogP contribution in [0, 0.1) is 0 Å². The van der Waals surface area contributed by atoms with Crippen molar-refractivity contribution in [3.05, 3.63) is 71.6 Å². The summed E-state index contributed by atoms with van der Waals surface area (Å²) in [6.45, 7) is 2.15. The molecule has 1 aromatic carbocycles. The molecule has 0 aliphatic heterocycles. The highest BCUT2D eigenvalue weighted by Gasteiger charge is 2.24. The normalized spacial score (nSPS) is 19.3. The van der Waals surface area contributed by atoms with Crippen molar-refractivity contribution >= 4 is 5.78 Å². The molecule has 0 amide bonds. The van der Waals surface area contributed by atoms with Gasteiger partial charge in [-0.1, -0.05) is 31.2 Å². The standard InChI is InChI=1S/C24H28N4O3/c1-16(10-24-27-26-15-28(24)2)18-5-3-4-17(11-18)12-23(30)22-14-21(8-9-25-22)31-20-7-6-19(29)13-20/h3-5,8-9,11,14-16,19-20,29H,6-7,10,12-13H2,1-2H3/t16-,19-,20+/m1/s1. The summed E-state index contributed by atoms with van der Waals surface area (Å²) in [5, 5.41) is 17.8. The molecule has 4 rings (SSSR count). The van der Waals surface area contributed by atoms with E-state index in [2.05, 4.69) is 34.2 Å². The molecule has 7 heteroatoms. The Morgan fingerprint density at radius 1 is 1.29 bits per heavy atom. The number of ketones is 1. The van der Waals surface area contributed by atoms with Gasteiger partial charge in [0, 0.05) is 38.6 Å². The van der Waals surface area contributed by atoms with Crippen LogP contribution >= 0.6 is 0 Å². The molecule has 2 heterocycles. The molecule has 0 radical (unpaired) electrons. The van der Waals surface area contributed by atoms with Gasteiger partial charge in [-0.25, -0.2) is 0 Å². The zero-order chi connectivity index (χ0) is 21.8. The van der Waals surface area contributed by atoms with Gasteiger partial charge in [0.1, 0.15) is 29.7 Å². The molecular weight excluding hydrogens is 392 g/mol. The van der Waals surface area contributed by atoms with Gasteiger partial charge in [-0.2, -0.15) is 0 Å². The maximum atomic E-state index is 12.9. The molecule has 162 valence electrons. The van der Waals surface area contributed by atoms with Crippen LogP contribution in [0.2, 0.25) is 0 Å². The van der Waals surface area contributed by atoms with Crippen LogP contribution in [-0.4, -0.2) is 42.8 Å². The summed E-state index contributed by atoms with van der Waals surface area (Å²) >= 11 is 0. The van der Waals surface area contributed by atoms with Crippen molar-refractivity contribution in [1.82, 2.24) is 19.7 Å². The van der Waals surface area contributed by atoms with Gasteiger partial charge in [0.25, 0.3) is 0 Å². The number of aliphatic hydroxyl groups is 1. The van der Waals surface area contributed by atoms with Crippen LogP contribution in [-0.2, 0) is 19.9 Å². The molecule has 1 aliphatic carbocycles. The fourth-order valence-electron chi connectivity index (χ4n) is 4.02. The smallest absolute Gasteiger partial charge is 0.185 e. The summed E-state index contributed by atoms with van der Waals surface area (Å²) in [6, 6.07) is 11.6. The summed E-state index contributed by atoms with van der Waals surface area (Å²) in [5.74, 6) is 1.78. The topological polar surface area (TPSA) is 90.1 Å². The lowest BCUT2D eigenvalue weighted by molar-refractivity contribution is 0.0986. The van der Waals surface area contributed by atoms with Crippen LogP contribution in [0.25, 0.3) is 0 Å². The van der Waals surface area contributed by atoms with E-state index >= 15 is 0 Å². The number of pyridine rings is 1. The number of benzene rings is 1. The van der Waals surface area contributed by atoms with Crippen molar-refractivity contribution in [2.75, 3.05) is 0 Å². The third-order valence-corrected chi connectivity index (χ3v) is 5.86. The van der Waals surface area contributed by atoms with Gasteiger partial charge in [-0.05, 0) is 36.0 Å². The number of hydrogen-bond donors (Lipinski definition) is 1. The maximum absolute atomic E-state index is 12.9. The van der Waals surface area contributed by atoms with Crippen LogP contribution < -0.4 is 4.74 Å². The molecule has 1 fully saturated rings. The number of carbonyl (C=O) groups is 1. The molecule has 0 unspecified atom stereocenters. The summed E-state index contributed by atoms with van der Waals surface area (Å²) in [4.78, 5) is 17.1. The zero-order valence-corrected chi connectivity index (χ0v) is 17.9. The zero-order valence-electron chi connectivity index (χ0n) is 17.9. The number of aromatic nitrogens is 4. The minimum absolute atomic E-state index is 0.00700. The molecule has 1 N–H and O–H groups in total. The van der Waals surface area contributed by atoms with Crippen LogP contribution in [0.15, 0.2) is 48.9 Å². The predicted octanol–water partition coefficient (Wildman–Crippen LogP) is 3.27. The first-order chi connectivity index (χ1) is 15.0. The monoisotopic (exact) mass is 420 g/mol. The van der Waals surface area contributed by atoms with Crippen molar-refractivity contribution in [3.63, 3.8) is 0 Å². The second kappa shape index (κ2) is 9.39. The van der Waals surface area contributed by atoms with E-state index < -0.39 is 0 Å². The molecule has 2 aromatic heterocycles. The second-order valence-corrected chi connectivity index (χ2v) is 8.39. The van der Waals surface area contributed by atoms with Crippen LogP contribution in [0.4, 0.5) is 0 Å². The molecule has 7 nitrogen and oxygen atoms in total. The molecule has 3 aromatic rings.